The fraction of sp³-hybridized carbons (Fsp3) is 0.500. The summed E-state index contributed by atoms with van der Waals surface area (Å²) in [5, 5.41) is 0. The summed E-state index contributed by atoms with van der Waals surface area (Å²) >= 11 is 1.43. The molecule has 0 aliphatic rings. The molecule has 0 amide bonds. The molecule has 3 nitrogen and oxygen atoms in total. The van der Waals surface area contributed by atoms with Crippen LogP contribution in [0.1, 0.15) is 33.1 Å². The smallest absolute Gasteiger partial charge is 0.348 e. The van der Waals surface area contributed by atoms with Gasteiger partial charge in [-0.1, -0.05) is 0 Å². The molecule has 1 heterocycles. The van der Waals surface area contributed by atoms with Crippen molar-refractivity contribution < 1.29 is 14.3 Å². The maximum atomic E-state index is 11.3. The highest BCUT2D eigenvalue weighted by Crippen LogP contribution is 2.28. The molecule has 0 N–H and O–H groups in total. The highest BCUT2D eigenvalue weighted by atomic mass is 32.1. The number of methoxy groups -OCH3 is 2. The van der Waals surface area contributed by atoms with Crippen LogP contribution in [-0.4, -0.2) is 20.2 Å². The van der Waals surface area contributed by atoms with E-state index in [4.69, 9.17) is 4.74 Å². The van der Waals surface area contributed by atoms with Crippen LogP contribution >= 0.6 is 11.3 Å². The third-order valence-electron chi connectivity index (χ3n) is 2.06. The van der Waals surface area contributed by atoms with Crippen LogP contribution in [0.15, 0.2) is 6.07 Å². The van der Waals surface area contributed by atoms with Crippen molar-refractivity contribution in [3.8, 4) is 0 Å². The first-order chi connectivity index (χ1) is 6.60. The molecule has 1 rings (SSSR count). The topological polar surface area (TPSA) is 35.5 Å². The van der Waals surface area contributed by atoms with E-state index in [2.05, 4.69) is 4.74 Å². The van der Waals surface area contributed by atoms with E-state index in [1.54, 1.807) is 7.11 Å². The number of ether oxygens (including phenoxy) is 2. The van der Waals surface area contributed by atoms with Gasteiger partial charge in [0.15, 0.2) is 0 Å². The van der Waals surface area contributed by atoms with Gasteiger partial charge in [-0.2, -0.15) is 0 Å². The fourth-order valence-corrected chi connectivity index (χ4v) is 2.24. The molecule has 0 saturated carbocycles. The van der Waals surface area contributed by atoms with Gasteiger partial charge in [0.2, 0.25) is 0 Å². The van der Waals surface area contributed by atoms with E-state index >= 15 is 0 Å². The lowest BCUT2D eigenvalue weighted by Gasteiger charge is -2.04. The summed E-state index contributed by atoms with van der Waals surface area (Å²) in [6.45, 7) is 3.85. The first-order valence-corrected chi connectivity index (χ1v) is 5.13. The Labute approximate surface area is 87.7 Å². The van der Waals surface area contributed by atoms with Crippen LogP contribution in [0, 0.1) is 6.92 Å². The zero-order valence-corrected chi connectivity index (χ0v) is 9.60. The third-order valence-corrected chi connectivity index (χ3v) is 3.44. The van der Waals surface area contributed by atoms with Crippen LogP contribution in [0.3, 0.4) is 0 Å². The number of thiophene rings is 1. The van der Waals surface area contributed by atoms with Crippen molar-refractivity contribution in [3.05, 3.63) is 21.4 Å². The monoisotopic (exact) mass is 214 g/mol. The van der Waals surface area contributed by atoms with Gasteiger partial charge in [-0.3, -0.25) is 0 Å². The molecule has 0 radical (unpaired) electrons. The second kappa shape index (κ2) is 4.57. The van der Waals surface area contributed by atoms with Crippen molar-refractivity contribution >= 4 is 17.3 Å². The third kappa shape index (κ3) is 2.13. The van der Waals surface area contributed by atoms with Gasteiger partial charge >= 0.3 is 5.97 Å². The van der Waals surface area contributed by atoms with Gasteiger partial charge < -0.3 is 9.47 Å². The van der Waals surface area contributed by atoms with Crippen LogP contribution in [0.5, 0.6) is 0 Å². The molecule has 0 spiro atoms. The number of rotatable bonds is 3. The van der Waals surface area contributed by atoms with E-state index in [-0.39, 0.29) is 12.1 Å². The SMILES string of the molecule is COC(=O)c1sc(C(C)OC)cc1C. The largest absolute Gasteiger partial charge is 0.465 e. The standard InChI is InChI=1S/C10H14O3S/c1-6-5-8(7(2)12-3)14-9(6)10(11)13-4/h5,7H,1-4H3. The summed E-state index contributed by atoms with van der Waals surface area (Å²) in [4.78, 5) is 13.0. The molecule has 78 valence electrons. The van der Waals surface area contributed by atoms with E-state index in [0.717, 1.165) is 10.4 Å². The normalized spacial score (nSPS) is 12.6. The summed E-state index contributed by atoms with van der Waals surface area (Å²) in [6.07, 6.45) is 0.0251. The van der Waals surface area contributed by atoms with Gasteiger partial charge in [0.1, 0.15) is 4.88 Å². The van der Waals surface area contributed by atoms with Crippen molar-refractivity contribution in [1.29, 1.82) is 0 Å². The van der Waals surface area contributed by atoms with Crippen molar-refractivity contribution in [2.24, 2.45) is 0 Å². The van der Waals surface area contributed by atoms with Gasteiger partial charge in [0.05, 0.1) is 13.2 Å². The predicted octanol–water partition coefficient (Wildman–Crippen LogP) is 2.55. The van der Waals surface area contributed by atoms with Crippen LogP contribution in [0.4, 0.5) is 0 Å². The highest BCUT2D eigenvalue weighted by molar-refractivity contribution is 7.14. The molecule has 0 saturated heterocycles. The van der Waals surface area contributed by atoms with E-state index < -0.39 is 0 Å². The van der Waals surface area contributed by atoms with Crippen LogP contribution in [0.25, 0.3) is 0 Å². The Balaban J connectivity index is 2.98. The first-order valence-electron chi connectivity index (χ1n) is 4.31. The van der Waals surface area contributed by atoms with E-state index in [1.165, 1.54) is 18.4 Å². The van der Waals surface area contributed by atoms with Crippen LogP contribution in [-0.2, 0) is 9.47 Å². The number of carbonyl (C=O) groups excluding carboxylic acids is 1. The lowest BCUT2D eigenvalue weighted by Crippen LogP contribution is -1.99. The molecule has 0 aliphatic carbocycles. The lowest BCUT2D eigenvalue weighted by molar-refractivity contribution is 0.0605. The molecule has 4 heteroatoms. The zero-order valence-electron chi connectivity index (χ0n) is 8.79. The summed E-state index contributed by atoms with van der Waals surface area (Å²) < 4.78 is 9.85. The zero-order chi connectivity index (χ0) is 10.7. The Morgan fingerprint density at radius 3 is 2.64 bits per heavy atom. The van der Waals surface area contributed by atoms with Crippen molar-refractivity contribution in [2.45, 2.75) is 20.0 Å². The molecule has 0 fully saturated rings. The van der Waals surface area contributed by atoms with Crippen molar-refractivity contribution in [3.63, 3.8) is 0 Å². The summed E-state index contributed by atoms with van der Waals surface area (Å²) in [7, 11) is 3.04. The minimum absolute atomic E-state index is 0.0251. The molecule has 14 heavy (non-hydrogen) atoms. The second-order valence-electron chi connectivity index (χ2n) is 3.03. The summed E-state index contributed by atoms with van der Waals surface area (Å²) in [5.74, 6) is -0.276. The molecule has 0 bridgehead atoms. The number of esters is 1. The molecule has 0 aliphatic heterocycles. The molecule has 1 aromatic rings. The fourth-order valence-electron chi connectivity index (χ4n) is 1.12. The molecule has 1 atom stereocenters. The average Bonchev–Trinajstić information content (AvgIpc) is 2.58. The summed E-state index contributed by atoms with van der Waals surface area (Å²) in [5.41, 5.74) is 0.945. The van der Waals surface area contributed by atoms with Gasteiger partial charge in [0, 0.05) is 12.0 Å². The van der Waals surface area contributed by atoms with Crippen LogP contribution in [0.2, 0.25) is 0 Å². The van der Waals surface area contributed by atoms with Crippen molar-refractivity contribution in [2.75, 3.05) is 14.2 Å². The van der Waals surface area contributed by atoms with Gasteiger partial charge in [-0.15, -0.1) is 11.3 Å². The van der Waals surface area contributed by atoms with Crippen molar-refractivity contribution in [1.82, 2.24) is 0 Å². The number of hydrogen-bond donors (Lipinski definition) is 0. The van der Waals surface area contributed by atoms with Crippen LogP contribution < -0.4 is 0 Å². The molecule has 0 aromatic carbocycles. The molecular formula is C10H14O3S. The quantitative estimate of drug-likeness (QED) is 0.725. The van der Waals surface area contributed by atoms with E-state index in [1.807, 2.05) is 19.9 Å². The van der Waals surface area contributed by atoms with E-state index in [0.29, 0.717) is 4.88 Å². The average molecular weight is 214 g/mol. The van der Waals surface area contributed by atoms with Gasteiger partial charge in [-0.25, -0.2) is 4.79 Å². The molecule has 1 aromatic heterocycles. The highest BCUT2D eigenvalue weighted by Gasteiger charge is 2.16. The maximum absolute atomic E-state index is 11.3. The number of hydrogen-bond acceptors (Lipinski definition) is 4. The molecule has 1 unspecified atom stereocenters. The Morgan fingerprint density at radius 2 is 2.14 bits per heavy atom. The summed E-state index contributed by atoms with van der Waals surface area (Å²) in [6, 6.07) is 1.96. The molecular weight excluding hydrogens is 200 g/mol. The first kappa shape index (κ1) is 11.2. The maximum Gasteiger partial charge on any atom is 0.348 e. The minimum Gasteiger partial charge on any atom is -0.465 e. The number of carbonyl (C=O) groups is 1. The number of aryl methyl sites for hydroxylation is 1. The van der Waals surface area contributed by atoms with Gasteiger partial charge in [0.25, 0.3) is 0 Å². The Bertz CT molecular complexity index is 330. The Morgan fingerprint density at radius 1 is 1.50 bits per heavy atom. The Kier molecular flexibility index (Phi) is 3.66. The predicted molar refractivity (Wildman–Crippen MR) is 55.8 cm³/mol. The minimum atomic E-state index is -0.276. The van der Waals surface area contributed by atoms with Gasteiger partial charge in [-0.05, 0) is 25.5 Å². The second-order valence-corrected chi connectivity index (χ2v) is 4.11. The van der Waals surface area contributed by atoms with E-state index in [9.17, 15) is 4.79 Å². The Hall–Kier alpha value is -0.870. The lowest BCUT2D eigenvalue weighted by atomic mass is 10.2.